The highest BCUT2D eigenvalue weighted by molar-refractivity contribution is 6.33. The highest BCUT2D eigenvalue weighted by atomic mass is 35.5. The van der Waals surface area contributed by atoms with Crippen molar-refractivity contribution in [1.82, 2.24) is 4.98 Å². The molecule has 0 saturated carbocycles. The Morgan fingerprint density at radius 3 is 2.97 bits per heavy atom. The summed E-state index contributed by atoms with van der Waals surface area (Å²) in [5.41, 5.74) is 4.30. The molecular formula is C23H21ClN2O3. The second-order valence-electron chi connectivity index (χ2n) is 6.86. The molecule has 3 aromatic rings. The number of methoxy groups -OCH3 is 1. The van der Waals surface area contributed by atoms with E-state index in [1.54, 1.807) is 18.5 Å². The van der Waals surface area contributed by atoms with E-state index in [0.717, 1.165) is 28.9 Å². The maximum absolute atomic E-state index is 12.0. The molecule has 1 N–H and O–H groups in total. The molecule has 4 rings (SSSR count). The van der Waals surface area contributed by atoms with Crippen LogP contribution in [0.1, 0.15) is 28.3 Å². The van der Waals surface area contributed by atoms with E-state index >= 15 is 0 Å². The van der Waals surface area contributed by atoms with Gasteiger partial charge >= 0.3 is 5.97 Å². The molecular weight excluding hydrogens is 388 g/mol. The second-order valence-corrected chi connectivity index (χ2v) is 7.27. The molecule has 5 nitrogen and oxygen atoms in total. The number of ether oxygens (including phenoxy) is 2. The first kappa shape index (κ1) is 19.3. The predicted octanol–water partition coefficient (Wildman–Crippen LogP) is 5.17. The first-order chi connectivity index (χ1) is 14.2. The van der Waals surface area contributed by atoms with Gasteiger partial charge in [-0.25, -0.2) is 4.79 Å². The van der Waals surface area contributed by atoms with Gasteiger partial charge in [0.15, 0.2) is 0 Å². The number of esters is 1. The minimum atomic E-state index is -0.383. The van der Waals surface area contributed by atoms with Crippen molar-refractivity contribution < 1.29 is 14.3 Å². The topological polar surface area (TPSA) is 60.5 Å². The van der Waals surface area contributed by atoms with Crippen LogP contribution in [-0.2, 0) is 4.74 Å². The van der Waals surface area contributed by atoms with Gasteiger partial charge < -0.3 is 14.8 Å². The van der Waals surface area contributed by atoms with E-state index in [2.05, 4.69) is 22.4 Å². The SMILES string of the molecule is COC(=O)c1ccncc1NC[C@H]1CCOc2cc(-c3ccccc3Cl)ccc21. The van der Waals surface area contributed by atoms with E-state index in [1.165, 1.54) is 7.11 Å². The van der Waals surface area contributed by atoms with Crippen LogP contribution in [0.3, 0.4) is 0 Å². The number of hydrogen-bond acceptors (Lipinski definition) is 5. The van der Waals surface area contributed by atoms with Gasteiger partial charge in [0, 0.05) is 29.2 Å². The summed E-state index contributed by atoms with van der Waals surface area (Å²) in [6.45, 7) is 1.31. The summed E-state index contributed by atoms with van der Waals surface area (Å²) in [6, 6.07) is 15.7. The standard InChI is InChI=1S/C23H21ClN2O3/c1-28-23(27)19-8-10-25-14-21(19)26-13-16-9-11-29-22-12-15(6-7-18(16)22)17-4-2-3-5-20(17)24/h2-8,10,12,14,16,26H,9,11,13H2,1H3/t16-/m1/s1. The minimum Gasteiger partial charge on any atom is -0.493 e. The van der Waals surface area contributed by atoms with Crippen LogP contribution in [0.25, 0.3) is 11.1 Å². The second kappa shape index (κ2) is 8.53. The first-order valence-corrected chi connectivity index (χ1v) is 9.83. The molecule has 0 bridgehead atoms. The minimum absolute atomic E-state index is 0.254. The summed E-state index contributed by atoms with van der Waals surface area (Å²) < 4.78 is 10.8. The molecule has 0 aliphatic carbocycles. The molecule has 1 aliphatic rings. The number of hydrogen-bond donors (Lipinski definition) is 1. The third-order valence-electron chi connectivity index (χ3n) is 5.13. The van der Waals surface area contributed by atoms with E-state index in [-0.39, 0.29) is 11.9 Å². The van der Waals surface area contributed by atoms with Crippen molar-refractivity contribution in [2.45, 2.75) is 12.3 Å². The van der Waals surface area contributed by atoms with Crippen LogP contribution in [0.5, 0.6) is 5.75 Å². The Kier molecular flexibility index (Phi) is 5.67. The number of rotatable bonds is 5. The first-order valence-electron chi connectivity index (χ1n) is 9.45. The van der Waals surface area contributed by atoms with Crippen LogP contribution in [0.4, 0.5) is 5.69 Å². The number of anilines is 1. The quantitative estimate of drug-likeness (QED) is 0.590. The van der Waals surface area contributed by atoms with Crippen molar-refractivity contribution in [3.63, 3.8) is 0 Å². The highest BCUT2D eigenvalue weighted by Gasteiger charge is 2.23. The van der Waals surface area contributed by atoms with Gasteiger partial charge in [-0.3, -0.25) is 4.98 Å². The lowest BCUT2D eigenvalue weighted by atomic mass is 9.91. The zero-order chi connectivity index (χ0) is 20.2. The number of fused-ring (bicyclic) bond motifs is 1. The average molecular weight is 409 g/mol. The van der Waals surface area contributed by atoms with Gasteiger partial charge in [-0.05, 0) is 35.7 Å². The van der Waals surface area contributed by atoms with Gasteiger partial charge in [-0.1, -0.05) is 41.9 Å². The molecule has 0 spiro atoms. The fourth-order valence-electron chi connectivity index (χ4n) is 3.59. The lowest BCUT2D eigenvalue weighted by Gasteiger charge is -2.27. The molecule has 0 fully saturated rings. The monoisotopic (exact) mass is 408 g/mol. The van der Waals surface area contributed by atoms with Crippen molar-refractivity contribution >= 4 is 23.3 Å². The number of benzene rings is 2. The lowest BCUT2D eigenvalue weighted by Crippen LogP contribution is -2.21. The zero-order valence-electron chi connectivity index (χ0n) is 16.0. The van der Waals surface area contributed by atoms with Crippen molar-refractivity contribution in [2.24, 2.45) is 0 Å². The van der Waals surface area contributed by atoms with Gasteiger partial charge in [0.2, 0.25) is 0 Å². The summed E-state index contributed by atoms with van der Waals surface area (Å²) >= 11 is 6.35. The number of pyridine rings is 1. The van der Waals surface area contributed by atoms with Gasteiger partial charge in [0.25, 0.3) is 0 Å². The van der Waals surface area contributed by atoms with Gasteiger partial charge in [-0.2, -0.15) is 0 Å². The molecule has 0 amide bonds. The average Bonchev–Trinajstić information content (AvgIpc) is 2.77. The van der Waals surface area contributed by atoms with Crippen LogP contribution in [-0.4, -0.2) is 31.2 Å². The van der Waals surface area contributed by atoms with E-state index in [9.17, 15) is 4.79 Å². The summed E-state index contributed by atoms with van der Waals surface area (Å²) in [5, 5.41) is 4.07. The molecule has 1 aromatic heterocycles. The lowest BCUT2D eigenvalue weighted by molar-refractivity contribution is 0.0601. The predicted molar refractivity (Wildman–Crippen MR) is 114 cm³/mol. The van der Waals surface area contributed by atoms with Gasteiger partial charge in [0.05, 0.1) is 31.2 Å². The molecule has 2 heterocycles. The summed E-state index contributed by atoms with van der Waals surface area (Å²) in [4.78, 5) is 16.1. The molecule has 148 valence electrons. The number of carbonyl (C=O) groups is 1. The Morgan fingerprint density at radius 1 is 1.28 bits per heavy atom. The zero-order valence-corrected chi connectivity index (χ0v) is 16.8. The number of carbonyl (C=O) groups excluding carboxylic acids is 1. The molecule has 1 aliphatic heterocycles. The summed E-state index contributed by atoms with van der Waals surface area (Å²) in [6.07, 6.45) is 4.11. The van der Waals surface area contributed by atoms with Crippen molar-refractivity contribution in [2.75, 3.05) is 25.6 Å². The normalized spacial score (nSPS) is 15.2. The molecule has 29 heavy (non-hydrogen) atoms. The van der Waals surface area contributed by atoms with Crippen molar-refractivity contribution in [3.05, 3.63) is 77.1 Å². The van der Waals surface area contributed by atoms with E-state index in [0.29, 0.717) is 29.4 Å². The Labute approximate surface area is 174 Å². The molecule has 1 atom stereocenters. The van der Waals surface area contributed by atoms with E-state index < -0.39 is 0 Å². The third-order valence-corrected chi connectivity index (χ3v) is 5.46. The fourth-order valence-corrected chi connectivity index (χ4v) is 3.84. The summed E-state index contributed by atoms with van der Waals surface area (Å²) in [5.74, 6) is 0.747. The number of nitrogens with one attached hydrogen (secondary N) is 1. The van der Waals surface area contributed by atoms with Crippen LogP contribution < -0.4 is 10.1 Å². The largest absolute Gasteiger partial charge is 0.493 e. The number of halogens is 1. The van der Waals surface area contributed by atoms with Gasteiger partial charge in [0.1, 0.15) is 5.75 Å². The van der Waals surface area contributed by atoms with Crippen molar-refractivity contribution in [3.8, 4) is 16.9 Å². The molecule has 0 unspecified atom stereocenters. The van der Waals surface area contributed by atoms with Crippen LogP contribution in [0, 0.1) is 0 Å². The van der Waals surface area contributed by atoms with E-state index in [1.807, 2.05) is 30.3 Å². The maximum Gasteiger partial charge on any atom is 0.340 e. The number of aromatic nitrogens is 1. The van der Waals surface area contributed by atoms with E-state index in [4.69, 9.17) is 21.1 Å². The Morgan fingerprint density at radius 2 is 2.14 bits per heavy atom. The Balaban J connectivity index is 1.55. The molecule has 0 radical (unpaired) electrons. The Hall–Kier alpha value is -3.05. The molecule has 2 aromatic carbocycles. The van der Waals surface area contributed by atoms with Crippen LogP contribution in [0.15, 0.2) is 60.9 Å². The molecule has 0 saturated heterocycles. The highest BCUT2D eigenvalue weighted by Crippen LogP contribution is 2.38. The van der Waals surface area contributed by atoms with Gasteiger partial charge in [-0.15, -0.1) is 0 Å². The molecule has 6 heteroatoms. The smallest absolute Gasteiger partial charge is 0.340 e. The van der Waals surface area contributed by atoms with Crippen molar-refractivity contribution in [1.29, 1.82) is 0 Å². The third kappa shape index (κ3) is 4.05. The fraction of sp³-hybridized carbons (Fsp3) is 0.217. The number of nitrogens with zero attached hydrogens (tertiary/aromatic N) is 1. The maximum atomic E-state index is 12.0. The van der Waals surface area contributed by atoms with Crippen LogP contribution in [0.2, 0.25) is 5.02 Å². The summed E-state index contributed by atoms with van der Waals surface area (Å²) in [7, 11) is 1.37. The Bertz CT molecular complexity index is 1040. The van der Waals surface area contributed by atoms with Crippen LogP contribution >= 0.6 is 11.6 Å².